The summed E-state index contributed by atoms with van der Waals surface area (Å²) in [5, 5.41) is 2.47. The number of para-hydroxylation sites is 1. The summed E-state index contributed by atoms with van der Waals surface area (Å²) in [7, 11) is 0. The second-order valence-corrected chi connectivity index (χ2v) is 4.24. The third-order valence-corrected chi connectivity index (χ3v) is 2.93. The van der Waals surface area contributed by atoms with Gasteiger partial charge in [-0.05, 0) is 13.0 Å². The predicted octanol–water partition coefficient (Wildman–Crippen LogP) is 0.637. The number of nitrogens with two attached hydrogens (primary N) is 1. The molecule has 0 radical (unpaired) electrons. The summed E-state index contributed by atoms with van der Waals surface area (Å²) in [6, 6.07) is 6.52. The number of carbonyl (C=O) groups is 2. The summed E-state index contributed by atoms with van der Waals surface area (Å²) in [5.41, 5.74) is 6.87. The Hall–Kier alpha value is -2.08. The fourth-order valence-electron chi connectivity index (χ4n) is 2.01. The number of benzene rings is 1. The SMILES string of the molecule is CCOc1ccccc1C(N)CN1C(=O)CNC1=O. The van der Waals surface area contributed by atoms with Crippen LogP contribution in [0.4, 0.5) is 4.79 Å². The highest BCUT2D eigenvalue weighted by Crippen LogP contribution is 2.24. The van der Waals surface area contributed by atoms with Gasteiger partial charge in [-0.15, -0.1) is 0 Å². The Morgan fingerprint density at radius 3 is 2.79 bits per heavy atom. The number of nitrogens with one attached hydrogen (secondary N) is 1. The van der Waals surface area contributed by atoms with E-state index in [4.69, 9.17) is 10.5 Å². The Balaban J connectivity index is 2.13. The van der Waals surface area contributed by atoms with Crippen LogP contribution in [0.15, 0.2) is 24.3 Å². The molecule has 1 aliphatic rings. The van der Waals surface area contributed by atoms with E-state index in [-0.39, 0.29) is 19.0 Å². The Morgan fingerprint density at radius 2 is 2.16 bits per heavy atom. The molecule has 1 saturated heterocycles. The van der Waals surface area contributed by atoms with Crippen molar-refractivity contribution in [3.05, 3.63) is 29.8 Å². The van der Waals surface area contributed by atoms with Gasteiger partial charge in [0.15, 0.2) is 0 Å². The first-order valence-electron chi connectivity index (χ1n) is 6.19. The lowest BCUT2D eigenvalue weighted by Gasteiger charge is -2.20. The van der Waals surface area contributed by atoms with Gasteiger partial charge in [0.25, 0.3) is 0 Å². The molecule has 0 saturated carbocycles. The second-order valence-electron chi connectivity index (χ2n) is 4.24. The van der Waals surface area contributed by atoms with Gasteiger partial charge in [-0.2, -0.15) is 0 Å². The van der Waals surface area contributed by atoms with Crippen molar-refractivity contribution in [2.75, 3.05) is 19.7 Å². The highest BCUT2D eigenvalue weighted by molar-refractivity contribution is 6.01. The van der Waals surface area contributed by atoms with Crippen LogP contribution in [-0.4, -0.2) is 36.5 Å². The maximum atomic E-state index is 11.5. The summed E-state index contributed by atoms with van der Waals surface area (Å²) in [6.07, 6.45) is 0. The Kier molecular flexibility index (Phi) is 4.01. The molecule has 1 fully saturated rings. The van der Waals surface area contributed by atoms with Crippen LogP contribution in [0.2, 0.25) is 0 Å². The quantitative estimate of drug-likeness (QED) is 0.763. The van der Waals surface area contributed by atoms with E-state index in [1.54, 1.807) is 0 Å². The minimum atomic E-state index is -0.462. The van der Waals surface area contributed by atoms with E-state index in [9.17, 15) is 9.59 Å². The summed E-state index contributed by atoms with van der Waals surface area (Å²) in [6.45, 7) is 2.61. The zero-order chi connectivity index (χ0) is 13.8. The van der Waals surface area contributed by atoms with E-state index >= 15 is 0 Å². The maximum Gasteiger partial charge on any atom is 0.324 e. The van der Waals surface area contributed by atoms with Gasteiger partial charge < -0.3 is 15.8 Å². The van der Waals surface area contributed by atoms with Crippen LogP contribution in [0.1, 0.15) is 18.5 Å². The third kappa shape index (κ3) is 2.85. The van der Waals surface area contributed by atoms with Gasteiger partial charge in [0.1, 0.15) is 5.75 Å². The molecule has 6 heteroatoms. The van der Waals surface area contributed by atoms with E-state index in [0.717, 1.165) is 10.5 Å². The van der Waals surface area contributed by atoms with Crippen molar-refractivity contribution in [2.45, 2.75) is 13.0 Å². The zero-order valence-corrected chi connectivity index (χ0v) is 10.8. The molecule has 102 valence electrons. The van der Waals surface area contributed by atoms with E-state index in [0.29, 0.717) is 12.4 Å². The number of amides is 3. The van der Waals surface area contributed by atoms with Crippen molar-refractivity contribution in [3.8, 4) is 5.75 Å². The average molecular weight is 263 g/mol. The highest BCUT2D eigenvalue weighted by Gasteiger charge is 2.30. The van der Waals surface area contributed by atoms with E-state index < -0.39 is 12.1 Å². The fraction of sp³-hybridized carbons (Fsp3) is 0.385. The van der Waals surface area contributed by atoms with Crippen LogP contribution in [0.3, 0.4) is 0 Å². The van der Waals surface area contributed by atoms with Crippen molar-refractivity contribution in [1.29, 1.82) is 0 Å². The normalized spacial score (nSPS) is 16.4. The Bertz CT molecular complexity index is 474. The number of ether oxygens (including phenoxy) is 1. The molecule has 0 aromatic heterocycles. The van der Waals surface area contributed by atoms with Crippen molar-refractivity contribution >= 4 is 11.9 Å². The van der Waals surface area contributed by atoms with Crippen molar-refractivity contribution < 1.29 is 14.3 Å². The van der Waals surface area contributed by atoms with Gasteiger partial charge >= 0.3 is 6.03 Å². The third-order valence-electron chi connectivity index (χ3n) is 2.93. The zero-order valence-electron chi connectivity index (χ0n) is 10.8. The van der Waals surface area contributed by atoms with Crippen molar-refractivity contribution in [3.63, 3.8) is 0 Å². The van der Waals surface area contributed by atoms with E-state index in [1.807, 2.05) is 31.2 Å². The number of carbonyl (C=O) groups excluding carboxylic acids is 2. The topological polar surface area (TPSA) is 84.7 Å². The summed E-state index contributed by atoms with van der Waals surface area (Å²) in [5.74, 6) is 0.430. The van der Waals surface area contributed by atoms with Crippen LogP contribution in [0.5, 0.6) is 5.75 Å². The Morgan fingerprint density at radius 1 is 1.42 bits per heavy atom. The summed E-state index contributed by atoms with van der Waals surface area (Å²) in [4.78, 5) is 24.1. The standard InChI is InChI=1S/C13H17N3O3/c1-2-19-11-6-4-3-5-9(11)10(14)8-16-12(17)7-15-13(16)18/h3-6,10H,2,7-8,14H2,1H3,(H,15,18). The number of rotatable bonds is 5. The molecule has 19 heavy (non-hydrogen) atoms. The fourth-order valence-corrected chi connectivity index (χ4v) is 2.01. The summed E-state index contributed by atoms with van der Waals surface area (Å²) >= 11 is 0. The van der Waals surface area contributed by atoms with Crippen LogP contribution < -0.4 is 15.8 Å². The van der Waals surface area contributed by atoms with Crippen molar-refractivity contribution in [2.24, 2.45) is 5.73 Å². The predicted molar refractivity (Wildman–Crippen MR) is 69.7 cm³/mol. The molecule has 1 aromatic carbocycles. The Labute approximate surface area is 111 Å². The molecule has 1 unspecified atom stereocenters. The molecule has 0 bridgehead atoms. The average Bonchev–Trinajstić information content (AvgIpc) is 2.71. The molecular formula is C13H17N3O3. The molecular weight excluding hydrogens is 246 g/mol. The summed E-state index contributed by atoms with van der Waals surface area (Å²) < 4.78 is 5.49. The van der Waals surface area contributed by atoms with Crippen LogP contribution in [0.25, 0.3) is 0 Å². The lowest BCUT2D eigenvalue weighted by Crippen LogP contribution is -2.37. The lowest BCUT2D eigenvalue weighted by atomic mass is 10.1. The molecule has 0 aliphatic carbocycles. The molecule has 3 amide bonds. The number of imide groups is 1. The minimum absolute atomic E-state index is 0.0403. The van der Waals surface area contributed by atoms with Gasteiger partial charge in [0.05, 0.1) is 19.2 Å². The van der Waals surface area contributed by atoms with E-state index in [2.05, 4.69) is 5.32 Å². The van der Waals surface area contributed by atoms with Crippen LogP contribution in [-0.2, 0) is 4.79 Å². The first-order chi connectivity index (χ1) is 9.13. The van der Waals surface area contributed by atoms with Crippen LogP contribution in [0, 0.1) is 0 Å². The van der Waals surface area contributed by atoms with Gasteiger partial charge in [-0.1, -0.05) is 18.2 Å². The minimum Gasteiger partial charge on any atom is -0.494 e. The monoisotopic (exact) mass is 263 g/mol. The molecule has 0 spiro atoms. The molecule has 2 rings (SSSR count). The largest absolute Gasteiger partial charge is 0.494 e. The van der Waals surface area contributed by atoms with Gasteiger partial charge in [0, 0.05) is 12.1 Å². The lowest BCUT2D eigenvalue weighted by molar-refractivity contribution is -0.125. The number of nitrogens with zero attached hydrogens (tertiary/aromatic N) is 1. The number of hydrogen-bond donors (Lipinski definition) is 2. The first-order valence-corrected chi connectivity index (χ1v) is 6.19. The molecule has 1 heterocycles. The molecule has 6 nitrogen and oxygen atoms in total. The molecule has 1 aromatic rings. The van der Waals surface area contributed by atoms with Crippen LogP contribution >= 0.6 is 0 Å². The molecule has 1 aliphatic heterocycles. The van der Waals surface area contributed by atoms with Crippen molar-refractivity contribution in [1.82, 2.24) is 10.2 Å². The van der Waals surface area contributed by atoms with Gasteiger partial charge in [0.2, 0.25) is 5.91 Å². The molecule has 1 atom stereocenters. The first kappa shape index (κ1) is 13.4. The number of hydrogen-bond acceptors (Lipinski definition) is 4. The smallest absolute Gasteiger partial charge is 0.324 e. The number of urea groups is 1. The molecule has 3 N–H and O–H groups in total. The second kappa shape index (κ2) is 5.71. The van der Waals surface area contributed by atoms with E-state index in [1.165, 1.54) is 0 Å². The maximum absolute atomic E-state index is 11.5. The van der Waals surface area contributed by atoms with Gasteiger partial charge in [-0.25, -0.2) is 4.79 Å². The van der Waals surface area contributed by atoms with Gasteiger partial charge in [-0.3, -0.25) is 9.69 Å². The highest BCUT2D eigenvalue weighted by atomic mass is 16.5.